The topological polar surface area (TPSA) is 82.9 Å². The summed E-state index contributed by atoms with van der Waals surface area (Å²) in [6.45, 7) is 2.70. The molecule has 5 heteroatoms. The summed E-state index contributed by atoms with van der Waals surface area (Å²) in [5.74, 6) is 0. The molecule has 5 N–H and O–H groups in total. The highest BCUT2D eigenvalue weighted by atomic mass is 16.2. The molecule has 5 nitrogen and oxygen atoms in total. The number of fused-ring (bicyclic) bond motifs is 1. The molecule has 1 aliphatic heterocycles. The van der Waals surface area contributed by atoms with Crippen molar-refractivity contribution in [2.45, 2.75) is 38.3 Å². The number of urea groups is 1. The first-order valence-electron chi connectivity index (χ1n) is 7.53. The maximum atomic E-state index is 11.3. The molecular weight excluding hydrogens is 264 g/mol. The van der Waals surface area contributed by atoms with Gasteiger partial charge in [0.15, 0.2) is 0 Å². The maximum Gasteiger partial charge on any atom is 0.315 e. The van der Waals surface area contributed by atoms with E-state index in [1.54, 1.807) is 0 Å². The molecule has 3 rings (SSSR count). The van der Waals surface area contributed by atoms with E-state index in [-0.39, 0.29) is 18.1 Å². The van der Waals surface area contributed by atoms with Crippen LogP contribution in [0.2, 0.25) is 0 Å². The van der Waals surface area contributed by atoms with Gasteiger partial charge in [0.05, 0.1) is 6.04 Å². The number of aromatic nitrogens is 1. The van der Waals surface area contributed by atoms with Gasteiger partial charge in [-0.05, 0) is 56.0 Å². The van der Waals surface area contributed by atoms with Gasteiger partial charge in [-0.3, -0.25) is 0 Å². The Hall–Kier alpha value is -2.01. The summed E-state index contributed by atoms with van der Waals surface area (Å²) in [5, 5.41) is 7.11. The van der Waals surface area contributed by atoms with Crippen molar-refractivity contribution >= 4 is 16.9 Å². The van der Waals surface area contributed by atoms with E-state index in [4.69, 9.17) is 5.73 Å². The van der Waals surface area contributed by atoms with Crippen LogP contribution in [0.15, 0.2) is 24.4 Å². The van der Waals surface area contributed by atoms with Crippen LogP contribution in [0.25, 0.3) is 10.9 Å². The van der Waals surface area contributed by atoms with Crippen LogP contribution in [0, 0.1) is 0 Å². The largest absolute Gasteiger partial charge is 0.361 e. The van der Waals surface area contributed by atoms with E-state index in [1.807, 2.05) is 13.1 Å². The Kier molecular flexibility index (Phi) is 3.84. The van der Waals surface area contributed by atoms with Crippen LogP contribution in [0.5, 0.6) is 0 Å². The van der Waals surface area contributed by atoms with Gasteiger partial charge < -0.3 is 21.4 Å². The van der Waals surface area contributed by atoms with Crippen LogP contribution in [-0.2, 0) is 12.8 Å². The van der Waals surface area contributed by atoms with Crippen molar-refractivity contribution < 1.29 is 4.79 Å². The number of carbonyl (C=O) groups is 1. The molecule has 0 spiro atoms. The molecule has 1 aromatic carbocycles. The fraction of sp³-hybridized carbons (Fsp3) is 0.438. The maximum absolute atomic E-state index is 11.3. The predicted molar refractivity (Wildman–Crippen MR) is 84.3 cm³/mol. The number of H-pyrrole nitrogens is 1. The second kappa shape index (κ2) is 5.77. The summed E-state index contributed by atoms with van der Waals surface area (Å²) in [4.78, 5) is 14.6. The highest BCUT2D eigenvalue weighted by Gasteiger charge is 2.27. The minimum atomic E-state index is -0.0566. The van der Waals surface area contributed by atoms with Gasteiger partial charge in [-0.15, -0.1) is 0 Å². The second-order valence-electron chi connectivity index (χ2n) is 5.78. The van der Waals surface area contributed by atoms with Gasteiger partial charge in [0.25, 0.3) is 0 Å². The first-order chi connectivity index (χ1) is 10.2. The van der Waals surface area contributed by atoms with Gasteiger partial charge >= 0.3 is 6.03 Å². The van der Waals surface area contributed by atoms with Gasteiger partial charge in [-0.25, -0.2) is 4.79 Å². The lowest BCUT2D eigenvalue weighted by Gasteiger charge is -2.13. The molecule has 2 aromatic rings. The van der Waals surface area contributed by atoms with Gasteiger partial charge in [0.1, 0.15) is 0 Å². The summed E-state index contributed by atoms with van der Waals surface area (Å²) in [6, 6.07) is 6.87. The lowest BCUT2D eigenvalue weighted by molar-refractivity contribution is 0.247. The average molecular weight is 286 g/mol. The molecule has 2 amide bonds. The summed E-state index contributed by atoms with van der Waals surface area (Å²) in [6.07, 6.45) is 4.84. The Morgan fingerprint density at radius 1 is 1.24 bits per heavy atom. The number of carbonyl (C=O) groups excluding carboxylic acids is 1. The van der Waals surface area contributed by atoms with Crippen LogP contribution in [0.1, 0.15) is 24.5 Å². The minimum absolute atomic E-state index is 0.0566. The summed E-state index contributed by atoms with van der Waals surface area (Å²) < 4.78 is 0. The van der Waals surface area contributed by atoms with E-state index in [2.05, 4.69) is 33.8 Å². The van der Waals surface area contributed by atoms with Crippen LogP contribution in [-0.4, -0.2) is 29.6 Å². The zero-order valence-electron chi connectivity index (χ0n) is 12.3. The molecule has 1 aromatic heterocycles. The van der Waals surface area contributed by atoms with E-state index in [0.717, 1.165) is 24.8 Å². The Morgan fingerprint density at radius 2 is 2.10 bits per heavy atom. The van der Waals surface area contributed by atoms with E-state index in [0.29, 0.717) is 6.54 Å². The second-order valence-corrected chi connectivity index (χ2v) is 5.78. The molecule has 2 unspecified atom stereocenters. The third-order valence-corrected chi connectivity index (χ3v) is 4.27. The third-order valence-electron chi connectivity index (χ3n) is 4.27. The van der Waals surface area contributed by atoms with Crippen LogP contribution in [0.3, 0.4) is 0 Å². The molecular formula is C16H22N4O. The third kappa shape index (κ3) is 2.88. The van der Waals surface area contributed by atoms with Crippen molar-refractivity contribution in [1.29, 1.82) is 0 Å². The predicted octanol–water partition coefficient (Wildman–Crippen LogP) is 1.67. The monoisotopic (exact) mass is 286 g/mol. The quantitative estimate of drug-likeness (QED) is 0.674. The highest BCUT2D eigenvalue weighted by Crippen LogP contribution is 2.21. The van der Waals surface area contributed by atoms with Gasteiger partial charge in [0.2, 0.25) is 0 Å². The molecule has 1 saturated heterocycles. The Bertz CT molecular complexity index is 649. The Balaban J connectivity index is 1.72. The zero-order chi connectivity index (χ0) is 14.8. The molecule has 1 fully saturated rings. The molecule has 21 heavy (non-hydrogen) atoms. The van der Waals surface area contributed by atoms with Gasteiger partial charge in [0, 0.05) is 23.1 Å². The van der Waals surface area contributed by atoms with Crippen molar-refractivity contribution in [2.24, 2.45) is 5.73 Å². The first kappa shape index (κ1) is 13.9. The van der Waals surface area contributed by atoms with Crippen molar-refractivity contribution in [1.82, 2.24) is 15.6 Å². The molecule has 112 valence electrons. The lowest BCUT2D eigenvalue weighted by atomic mass is 10.00. The minimum Gasteiger partial charge on any atom is -0.361 e. The van der Waals surface area contributed by atoms with Crippen molar-refractivity contribution in [3.05, 3.63) is 35.5 Å². The Morgan fingerprint density at radius 3 is 2.81 bits per heavy atom. The fourth-order valence-electron chi connectivity index (χ4n) is 3.03. The van der Waals surface area contributed by atoms with E-state index < -0.39 is 0 Å². The molecule has 0 aliphatic carbocycles. The SMILES string of the molecule is CC1NC(=O)NC1CCc1ccc2[nH]cc(CCN)c2c1. The fourth-order valence-corrected chi connectivity index (χ4v) is 3.03. The number of amides is 2. The molecule has 0 saturated carbocycles. The van der Waals surface area contributed by atoms with Crippen molar-refractivity contribution in [3.8, 4) is 0 Å². The van der Waals surface area contributed by atoms with Crippen molar-refractivity contribution in [3.63, 3.8) is 0 Å². The Labute approximate surface area is 124 Å². The highest BCUT2D eigenvalue weighted by molar-refractivity contribution is 5.84. The van der Waals surface area contributed by atoms with Crippen LogP contribution < -0.4 is 16.4 Å². The van der Waals surface area contributed by atoms with Gasteiger partial charge in [-0.1, -0.05) is 6.07 Å². The molecule has 0 bridgehead atoms. The van der Waals surface area contributed by atoms with Crippen molar-refractivity contribution in [2.75, 3.05) is 6.54 Å². The molecule has 2 atom stereocenters. The number of nitrogens with two attached hydrogens (primary N) is 1. The van der Waals surface area contributed by atoms with E-state index >= 15 is 0 Å². The normalized spacial score (nSPS) is 21.5. The zero-order valence-corrected chi connectivity index (χ0v) is 12.3. The number of benzene rings is 1. The average Bonchev–Trinajstić information content (AvgIpc) is 3.00. The van der Waals surface area contributed by atoms with Crippen LogP contribution in [0.4, 0.5) is 4.79 Å². The van der Waals surface area contributed by atoms with Gasteiger partial charge in [-0.2, -0.15) is 0 Å². The number of hydrogen-bond acceptors (Lipinski definition) is 2. The number of nitrogens with one attached hydrogen (secondary N) is 3. The molecule has 2 heterocycles. The molecule has 1 aliphatic rings. The number of rotatable bonds is 5. The summed E-state index contributed by atoms with van der Waals surface area (Å²) >= 11 is 0. The summed E-state index contributed by atoms with van der Waals surface area (Å²) in [5.41, 5.74) is 9.39. The lowest BCUT2D eigenvalue weighted by Crippen LogP contribution is -2.31. The smallest absolute Gasteiger partial charge is 0.315 e. The molecule has 0 radical (unpaired) electrons. The first-order valence-corrected chi connectivity index (χ1v) is 7.53. The van der Waals surface area contributed by atoms with E-state index in [1.165, 1.54) is 16.5 Å². The number of aromatic amines is 1. The summed E-state index contributed by atoms with van der Waals surface area (Å²) in [7, 11) is 0. The van der Waals surface area contributed by atoms with Crippen LogP contribution >= 0.6 is 0 Å². The van der Waals surface area contributed by atoms with E-state index in [9.17, 15) is 4.79 Å². The number of aryl methyl sites for hydroxylation is 1. The standard InChI is InChI=1S/C16H22N4O/c1-10-14(20-16(21)19-10)4-2-11-3-5-15-13(8-11)12(6-7-17)9-18-15/h3,5,8-10,14,18H,2,4,6-7,17H2,1H3,(H2,19,20,21). The number of hydrogen-bond donors (Lipinski definition) is 4.